The van der Waals surface area contributed by atoms with Crippen LogP contribution in [0.4, 0.5) is 5.69 Å². The van der Waals surface area contributed by atoms with Crippen molar-refractivity contribution in [3.8, 4) is 17.0 Å². The molecule has 0 unspecified atom stereocenters. The number of benzene rings is 1. The molecular weight excluding hydrogens is 419 g/mol. The second-order valence-electron chi connectivity index (χ2n) is 4.39. The summed E-state index contributed by atoms with van der Waals surface area (Å²) in [5.74, 6) is -0.519. The number of nitrogens with two attached hydrogens (primary N) is 1. The van der Waals surface area contributed by atoms with Crippen molar-refractivity contribution in [2.45, 2.75) is 4.43 Å². The average molecular weight is 433 g/mol. The Morgan fingerprint density at radius 2 is 1.95 bits per heavy atom. The molecule has 1 aromatic heterocycles. The lowest BCUT2D eigenvalue weighted by atomic mass is 10.1. The van der Waals surface area contributed by atoms with Gasteiger partial charge in [-0.05, 0) is 5.56 Å². The summed E-state index contributed by atoms with van der Waals surface area (Å²) >= 11 is 8.56. The molecule has 0 saturated heterocycles. The van der Waals surface area contributed by atoms with Gasteiger partial charge in [0, 0.05) is 9.99 Å². The lowest BCUT2D eigenvalue weighted by Gasteiger charge is -2.14. The number of methoxy groups -OCH3 is 2. The van der Waals surface area contributed by atoms with Crippen molar-refractivity contribution in [3.63, 3.8) is 0 Å². The first-order chi connectivity index (χ1) is 10.5. The summed E-state index contributed by atoms with van der Waals surface area (Å²) in [4.78, 5) is 16.2. The van der Waals surface area contributed by atoms with E-state index in [1.54, 1.807) is 0 Å². The van der Waals surface area contributed by atoms with E-state index in [-0.39, 0.29) is 22.2 Å². The van der Waals surface area contributed by atoms with Gasteiger partial charge in [-0.15, -0.1) is 0 Å². The molecule has 0 radical (unpaired) electrons. The second-order valence-corrected chi connectivity index (χ2v) is 5.53. The van der Waals surface area contributed by atoms with Crippen LogP contribution >= 0.6 is 34.2 Å². The maximum atomic E-state index is 11.9. The first-order valence-electron chi connectivity index (χ1n) is 6.30. The molecular formula is C15H14ClIN2O3. The summed E-state index contributed by atoms with van der Waals surface area (Å²) in [6.07, 6.45) is 0. The first-order valence-corrected chi connectivity index (χ1v) is 8.20. The highest BCUT2D eigenvalue weighted by atomic mass is 127. The monoisotopic (exact) mass is 432 g/mol. The Hall–Kier alpha value is -1.54. The number of aromatic nitrogens is 1. The maximum Gasteiger partial charge on any atom is 0.360 e. The molecule has 0 aliphatic heterocycles. The van der Waals surface area contributed by atoms with E-state index >= 15 is 0 Å². The first kappa shape index (κ1) is 16.8. The SMILES string of the molecule is COC(=O)c1nc(-c2ccc(CI)cc2)c(Cl)c(N)c1OC. The van der Waals surface area contributed by atoms with Gasteiger partial charge in [-0.1, -0.05) is 58.5 Å². The van der Waals surface area contributed by atoms with Gasteiger partial charge in [-0.2, -0.15) is 0 Å². The average Bonchev–Trinajstić information content (AvgIpc) is 2.56. The lowest BCUT2D eigenvalue weighted by molar-refractivity contribution is 0.0590. The third-order valence-corrected chi connectivity index (χ3v) is 4.36. The molecule has 2 aromatic rings. The van der Waals surface area contributed by atoms with Crippen LogP contribution in [0.1, 0.15) is 16.1 Å². The molecule has 22 heavy (non-hydrogen) atoms. The van der Waals surface area contributed by atoms with Crippen molar-refractivity contribution in [1.82, 2.24) is 4.98 Å². The predicted octanol–water partition coefficient (Wildman–Crippen LogP) is 3.71. The Kier molecular flexibility index (Phi) is 5.47. The largest absolute Gasteiger partial charge is 0.492 e. The Morgan fingerprint density at radius 3 is 2.45 bits per heavy atom. The van der Waals surface area contributed by atoms with Crippen LogP contribution in [0.2, 0.25) is 5.02 Å². The quantitative estimate of drug-likeness (QED) is 0.453. The van der Waals surface area contributed by atoms with Crippen molar-refractivity contribution in [2.24, 2.45) is 0 Å². The van der Waals surface area contributed by atoms with Crippen LogP contribution in [-0.2, 0) is 9.16 Å². The van der Waals surface area contributed by atoms with E-state index in [1.165, 1.54) is 19.8 Å². The van der Waals surface area contributed by atoms with E-state index in [9.17, 15) is 4.79 Å². The molecule has 7 heteroatoms. The van der Waals surface area contributed by atoms with Gasteiger partial charge in [-0.25, -0.2) is 9.78 Å². The molecule has 0 atom stereocenters. The number of anilines is 1. The number of nitrogen functional groups attached to an aromatic ring is 1. The van der Waals surface area contributed by atoms with Crippen molar-refractivity contribution in [1.29, 1.82) is 0 Å². The number of halogens is 2. The van der Waals surface area contributed by atoms with Crippen LogP contribution in [0, 0.1) is 0 Å². The highest BCUT2D eigenvalue weighted by Gasteiger charge is 2.23. The van der Waals surface area contributed by atoms with Crippen LogP contribution in [0.15, 0.2) is 24.3 Å². The Balaban J connectivity index is 2.64. The third-order valence-electron chi connectivity index (χ3n) is 3.09. The minimum absolute atomic E-state index is 0.000122. The molecule has 0 saturated carbocycles. The number of hydrogen-bond acceptors (Lipinski definition) is 5. The molecule has 2 N–H and O–H groups in total. The summed E-state index contributed by atoms with van der Waals surface area (Å²) in [6.45, 7) is 0. The number of carbonyl (C=O) groups is 1. The molecule has 1 heterocycles. The Bertz CT molecular complexity index is 705. The number of pyridine rings is 1. The summed E-state index contributed by atoms with van der Waals surface area (Å²) in [5.41, 5.74) is 8.49. The molecule has 0 aliphatic carbocycles. The van der Waals surface area contributed by atoms with Crippen LogP contribution in [0.25, 0.3) is 11.3 Å². The van der Waals surface area contributed by atoms with Crippen molar-refractivity contribution < 1.29 is 14.3 Å². The van der Waals surface area contributed by atoms with Crippen LogP contribution in [0.3, 0.4) is 0 Å². The number of alkyl halides is 1. The van der Waals surface area contributed by atoms with Crippen LogP contribution in [0.5, 0.6) is 5.75 Å². The van der Waals surface area contributed by atoms with Gasteiger partial charge in [0.05, 0.1) is 30.6 Å². The van der Waals surface area contributed by atoms with Crippen LogP contribution in [-0.4, -0.2) is 25.2 Å². The predicted molar refractivity (Wildman–Crippen MR) is 94.7 cm³/mol. The molecule has 0 aliphatic rings. The molecule has 0 amide bonds. The Morgan fingerprint density at radius 1 is 1.32 bits per heavy atom. The maximum absolute atomic E-state index is 11.9. The number of rotatable bonds is 4. The van der Waals surface area contributed by atoms with Gasteiger partial charge < -0.3 is 15.2 Å². The van der Waals surface area contributed by atoms with E-state index in [0.717, 1.165) is 9.99 Å². The molecule has 0 fully saturated rings. The van der Waals surface area contributed by atoms with Gasteiger partial charge in [0.15, 0.2) is 11.4 Å². The standard InChI is InChI=1S/C15H14ClIN2O3/c1-21-14-11(18)10(16)12(19-13(14)15(20)22-2)9-5-3-8(7-17)4-6-9/h3-6H,7H2,1-2H3,(H2,18,19). The summed E-state index contributed by atoms with van der Waals surface area (Å²) < 4.78 is 10.8. The topological polar surface area (TPSA) is 74.4 Å². The van der Waals surface area contributed by atoms with Crippen molar-refractivity contribution in [3.05, 3.63) is 40.5 Å². The van der Waals surface area contributed by atoms with E-state index in [4.69, 9.17) is 26.8 Å². The van der Waals surface area contributed by atoms with Gasteiger partial charge in [0.1, 0.15) is 0 Å². The summed E-state index contributed by atoms with van der Waals surface area (Å²) in [6, 6.07) is 7.71. The Labute approximate surface area is 146 Å². The number of nitrogens with zero attached hydrogens (tertiary/aromatic N) is 1. The fraction of sp³-hybridized carbons (Fsp3) is 0.200. The minimum Gasteiger partial charge on any atom is -0.492 e. The number of ether oxygens (including phenoxy) is 2. The van der Waals surface area contributed by atoms with Crippen LogP contribution < -0.4 is 10.5 Å². The fourth-order valence-corrected chi connectivity index (χ4v) is 2.70. The van der Waals surface area contributed by atoms with E-state index in [2.05, 4.69) is 27.6 Å². The number of esters is 1. The molecule has 5 nitrogen and oxygen atoms in total. The van der Waals surface area contributed by atoms with E-state index < -0.39 is 5.97 Å². The molecule has 0 bridgehead atoms. The zero-order valence-corrected chi connectivity index (χ0v) is 14.9. The van der Waals surface area contributed by atoms with Gasteiger partial charge in [0.25, 0.3) is 0 Å². The third kappa shape index (κ3) is 3.12. The zero-order valence-electron chi connectivity index (χ0n) is 12.0. The highest BCUT2D eigenvalue weighted by molar-refractivity contribution is 14.1. The molecule has 0 spiro atoms. The highest BCUT2D eigenvalue weighted by Crippen LogP contribution is 2.39. The molecule has 116 valence electrons. The lowest BCUT2D eigenvalue weighted by Crippen LogP contribution is -2.10. The minimum atomic E-state index is -0.634. The fourth-order valence-electron chi connectivity index (χ4n) is 1.95. The zero-order chi connectivity index (χ0) is 16.3. The van der Waals surface area contributed by atoms with E-state index in [0.29, 0.717) is 5.69 Å². The van der Waals surface area contributed by atoms with E-state index in [1.807, 2.05) is 24.3 Å². The molecule has 1 aromatic carbocycles. The summed E-state index contributed by atoms with van der Waals surface area (Å²) in [5, 5.41) is 0.242. The molecule has 2 rings (SSSR count). The smallest absolute Gasteiger partial charge is 0.360 e. The van der Waals surface area contributed by atoms with Crippen molar-refractivity contribution >= 4 is 45.8 Å². The summed E-state index contributed by atoms with van der Waals surface area (Å²) in [7, 11) is 2.66. The second kappa shape index (κ2) is 7.15. The number of carbonyl (C=O) groups excluding carboxylic acids is 1. The normalized spacial score (nSPS) is 10.4. The number of hydrogen-bond donors (Lipinski definition) is 1. The van der Waals surface area contributed by atoms with Gasteiger partial charge in [-0.3, -0.25) is 0 Å². The van der Waals surface area contributed by atoms with Gasteiger partial charge in [0.2, 0.25) is 0 Å². The van der Waals surface area contributed by atoms with Gasteiger partial charge >= 0.3 is 5.97 Å². The van der Waals surface area contributed by atoms with Crippen molar-refractivity contribution in [2.75, 3.05) is 20.0 Å².